The second-order valence-electron chi connectivity index (χ2n) is 4.29. The number of ether oxygens (including phenoxy) is 3. The number of rotatable bonds is 8. The van der Waals surface area contributed by atoms with Crippen LogP contribution >= 0.6 is 0 Å². The van der Waals surface area contributed by atoms with Gasteiger partial charge in [-0.05, 0) is 19.4 Å². The van der Waals surface area contributed by atoms with Crippen LogP contribution in [-0.2, 0) is 25.6 Å². The molecule has 0 radical (unpaired) electrons. The van der Waals surface area contributed by atoms with Gasteiger partial charge in [-0.1, -0.05) is 30.3 Å². The van der Waals surface area contributed by atoms with Gasteiger partial charge in [-0.3, -0.25) is 0 Å². The summed E-state index contributed by atoms with van der Waals surface area (Å²) >= 11 is 0. The van der Waals surface area contributed by atoms with Crippen LogP contribution in [0.4, 0.5) is 0 Å². The first-order valence-corrected chi connectivity index (χ1v) is 5.87. The molecule has 0 unspecified atom stereocenters. The van der Waals surface area contributed by atoms with Crippen LogP contribution in [0.1, 0.15) is 19.4 Å². The molecular weight excluding hydrogens is 232 g/mol. The average Bonchev–Trinajstić information content (AvgIpc) is 2.43. The highest BCUT2D eigenvalue weighted by molar-refractivity contribution is 5.62. The lowest BCUT2D eigenvalue weighted by Gasteiger charge is -2.29. The summed E-state index contributed by atoms with van der Waals surface area (Å²) < 4.78 is 15.8. The minimum absolute atomic E-state index is 0.0638. The molecule has 2 atom stereocenters. The van der Waals surface area contributed by atoms with Gasteiger partial charge in [-0.2, -0.15) is 0 Å². The van der Waals surface area contributed by atoms with E-state index >= 15 is 0 Å². The van der Waals surface area contributed by atoms with E-state index in [0.717, 1.165) is 11.8 Å². The van der Waals surface area contributed by atoms with Crippen LogP contribution in [0.25, 0.3) is 0 Å². The number of carbonyl (C=O) groups excluding carboxylic acids is 1. The monoisotopic (exact) mass is 252 g/mol. The fourth-order valence-corrected chi connectivity index (χ4v) is 1.39. The first-order valence-electron chi connectivity index (χ1n) is 5.87. The van der Waals surface area contributed by atoms with E-state index in [1.165, 1.54) is 7.11 Å². The van der Waals surface area contributed by atoms with Gasteiger partial charge in [0.15, 0.2) is 6.29 Å². The zero-order chi connectivity index (χ0) is 13.4. The van der Waals surface area contributed by atoms with Gasteiger partial charge in [-0.25, -0.2) is 0 Å². The van der Waals surface area contributed by atoms with E-state index in [2.05, 4.69) is 0 Å². The lowest BCUT2D eigenvalue weighted by Crippen LogP contribution is -2.44. The summed E-state index contributed by atoms with van der Waals surface area (Å²) in [5.74, 6) is 0. The van der Waals surface area contributed by atoms with E-state index < -0.39 is 5.60 Å². The minimum Gasteiger partial charge on any atom is -0.370 e. The molecular formula is C14H20O4. The Kier molecular flexibility index (Phi) is 5.98. The molecule has 4 nitrogen and oxygen atoms in total. The molecule has 0 bridgehead atoms. The number of carbonyl (C=O) groups is 1. The molecule has 18 heavy (non-hydrogen) atoms. The fraction of sp³-hybridized carbons (Fsp3) is 0.500. The van der Waals surface area contributed by atoms with Crippen molar-refractivity contribution >= 4 is 6.29 Å². The molecule has 1 aromatic rings. The normalized spacial score (nSPS) is 15.9. The van der Waals surface area contributed by atoms with Gasteiger partial charge < -0.3 is 19.0 Å². The fourth-order valence-electron chi connectivity index (χ4n) is 1.39. The molecule has 100 valence electrons. The topological polar surface area (TPSA) is 44.8 Å². The summed E-state index contributed by atoms with van der Waals surface area (Å²) in [5, 5.41) is 0. The predicted molar refractivity (Wildman–Crippen MR) is 68.1 cm³/mol. The SMILES string of the molecule is COCO[C@@](C)(C=O)[C@H](C)OCc1ccccc1. The third kappa shape index (κ3) is 4.22. The molecule has 0 fully saturated rings. The van der Waals surface area contributed by atoms with Crippen molar-refractivity contribution in [3.05, 3.63) is 35.9 Å². The summed E-state index contributed by atoms with van der Waals surface area (Å²) in [6, 6.07) is 9.79. The third-order valence-electron chi connectivity index (χ3n) is 2.87. The van der Waals surface area contributed by atoms with Crippen LogP contribution in [0.5, 0.6) is 0 Å². The largest absolute Gasteiger partial charge is 0.370 e. The Balaban J connectivity index is 2.52. The van der Waals surface area contributed by atoms with Crippen LogP contribution in [0.3, 0.4) is 0 Å². The molecule has 0 saturated heterocycles. The molecule has 0 heterocycles. The van der Waals surface area contributed by atoms with Gasteiger partial charge in [0, 0.05) is 7.11 Å². The van der Waals surface area contributed by atoms with Crippen molar-refractivity contribution in [3.63, 3.8) is 0 Å². The molecule has 0 saturated carbocycles. The molecule has 0 amide bonds. The molecule has 1 rings (SSSR count). The maximum atomic E-state index is 11.1. The van der Waals surface area contributed by atoms with Crippen LogP contribution in [0.2, 0.25) is 0 Å². The number of hydrogen-bond acceptors (Lipinski definition) is 4. The molecule has 4 heteroatoms. The Labute approximate surface area is 108 Å². The number of aldehydes is 1. The Morgan fingerprint density at radius 3 is 2.56 bits per heavy atom. The molecule has 1 aromatic carbocycles. The van der Waals surface area contributed by atoms with Crippen molar-refractivity contribution in [1.82, 2.24) is 0 Å². The molecule has 0 N–H and O–H groups in total. The van der Waals surface area contributed by atoms with Crippen molar-refractivity contribution in [2.45, 2.75) is 32.2 Å². The van der Waals surface area contributed by atoms with Gasteiger partial charge in [-0.15, -0.1) is 0 Å². The Bertz CT molecular complexity index is 352. The molecule has 0 aliphatic carbocycles. The van der Waals surface area contributed by atoms with Crippen molar-refractivity contribution < 1.29 is 19.0 Å². The Morgan fingerprint density at radius 2 is 2.00 bits per heavy atom. The summed E-state index contributed by atoms with van der Waals surface area (Å²) in [4.78, 5) is 11.1. The quantitative estimate of drug-likeness (QED) is 0.525. The van der Waals surface area contributed by atoms with Crippen LogP contribution in [0.15, 0.2) is 30.3 Å². The summed E-state index contributed by atoms with van der Waals surface area (Å²) in [6.45, 7) is 4.01. The maximum absolute atomic E-state index is 11.1. The lowest BCUT2D eigenvalue weighted by molar-refractivity contribution is -0.179. The second kappa shape index (κ2) is 7.26. The summed E-state index contributed by atoms with van der Waals surface area (Å²) in [6.07, 6.45) is 0.396. The van der Waals surface area contributed by atoms with Crippen molar-refractivity contribution in [2.24, 2.45) is 0 Å². The molecule has 0 aliphatic rings. The highest BCUT2D eigenvalue weighted by atomic mass is 16.7. The first-order chi connectivity index (χ1) is 8.62. The third-order valence-corrected chi connectivity index (χ3v) is 2.87. The average molecular weight is 252 g/mol. The predicted octanol–water partition coefficient (Wildman–Crippen LogP) is 2.17. The van der Waals surface area contributed by atoms with Crippen LogP contribution in [-0.4, -0.2) is 31.9 Å². The van der Waals surface area contributed by atoms with Gasteiger partial charge in [0.2, 0.25) is 0 Å². The number of benzene rings is 1. The molecule has 0 spiro atoms. The zero-order valence-corrected chi connectivity index (χ0v) is 11.1. The summed E-state index contributed by atoms with van der Waals surface area (Å²) in [5.41, 5.74) is 0.0643. The number of hydrogen-bond donors (Lipinski definition) is 0. The molecule has 0 aromatic heterocycles. The smallest absolute Gasteiger partial charge is 0.154 e. The van der Waals surface area contributed by atoms with E-state index in [9.17, 15) is 4.79 Å². The van der Waals surface area contributed by atoms with Gasteiger partial charge in [0.1, 0.15) is 12.4 Å². The van der Waals surface area contributed by atoms with E-state index in [-0.39, 0.29) is 12.9 Å². The van der Waals surface area contributed by atoms with E-state index in [1.807, 2.05) is 37.3 Å². The Hall–Kier alpha value is -1.23. The van der Waals surface area contributed by atoms with E-state index in [0.29, 0.717) is 6.61 Å². The maximum Gasteiger partial charge on any atom is 0.154 e. The van der Waals surface area contributed by atoms with Crippen molar-refractivity contribution in [1.29, 1.82) is 0 Å². The van der Waals surface area contributed by atoms with Gasteiger partial charge in [0.25, 0.3) is 0 Å². The highest BCUT2D eigenvalue weighted by Crippen LogP contribution is 2.17. The van der Waals surface area contributed by atoms with E-state index in [1.54, 1.807) is 6.92 Å². The number of methoxy groups -OCH3 is 1. The van der Waals surface area contributed by atoms with E-state index in [4.69, 9.17) is 14.2 Å². The van der Waals surface area contributed by atoms with Crippen LogP contribution in [0, 0.1) is 0 Å². The highest BCUT2D eigenvalue weighted by Gasteiger charge is 2.32. The van der Waals surface area contributed by atoms with Gasteiger partial charge in [0.05, 0.1) is 12.7 Å². The molecule has 0 aliphatic heterocycles. The van der Waals surface area contributed by atoms with Gasteiger partial charge >= 0.3 is 0 Å². The first kappa shape index (κ1) is 14.8. The standard InChI is InChI=1S/C14H20O4/c1-12(14(2,10-15)18-11-16-3)17-9-13-7-5-4-6-8-13/h4-8,10,12H,9,11H2,1-3H3/t12-,14-/m0/s1. The zero-order valence-electron chi connectivity index (χ0n) is 11.1. The van der Waals surface area contributed by atoms with Crippen molar-refractivity contribution in [2.75, 3.05) is 13.9 Å². The second-order valence-corrected chi connectivity index (χ2v) is 4.29. The Morgan fingerprint density at radius 1 is 1.33 bits per heavy atom. The minimum atomic E-state index is -0.995. The van der Waals surface area contributed by atoms with Crippen LogP contribution < -0.4 is 0 Å². The van der Waals surface area contributed by atoms with Crippen molar-refractivity contribution in [3.8, 4) is 0 Å². The summed E-state index contributed by atoms with van der Waals surface area (Å²) in [7, 11) is 1.51. The lowest BCUT2D eigenvalue weighted by atomic mass is 10.0.